The molecule has 23 heavy (non-hydrogen) atoms. The first-order chi connectivity index (χ1) is 11.2. The van der Waals surface area contributed by atoms with Crippen LogP contribution in [-0.4, -0.2) is 34.5 Å². The van der Waals surface area contributed by atoms with E-state index in [9.17, 15) is 9.50 Å². The molecule has 0 unspecified atom stereocenters. The maximum atomic E-state index is 12.2. The number of aromatic nitrogens is 2. The predicted molar refractivity (Wildman–Crippen MR) is 87.2 cm³/mol. The summed E-state index contributed by atoms with van der Waals surface area (Å²) < 4.78 is 17.6. The second kappa shape index (κ2) is 6.71. The molecule has 2 heterocycles. The van der Waals surface area contributed by atoms with Crippen LogP contribution in [0, 0.1) is 6.92 Å². The lowest BCUT2D eigenvalue weighted by atomic mass is 10.1. The van der Waals surface area contributed by atoms with Gasteiger partial charge in [0.25, 0.3) is 0 Å². The summed E-state index contributed by atoms with van der Waals surface area (Å²) in [6.07, 6.45) is 0.671. The number of alkyl halides is 1. The summed E-state index contributed by atoms with van der Waals surface area (Å²) >= 11 is 0. The van der Waals surface area contributed by atoms with Crippen LogP contribution in [0.3, 0.4) is 0 Å². The molecule has 0 aliphatic rings. The van der Waals surface area contributed by atoms with Crippen molar-refractivity contribution in [2.75, 3.05) is 13.3 Å². The van der Waals surface area contributed by atoms with Crippen LogP contribution in [0.15, 0.2) is 48.7 Å². The van der Waals surface area contributed by atoms with Crippen molar-refractivity contribution in [3.63, 3.8) is 0 Å². The topological polar surface area (TPSA) is 55.2 Å². The minimum Gasteiger partial charge on any atom is -0.491 e. The van der Waals surface area contributed by atoms with Gasteiger partial charge in [0.1, 0.15) is 25.1 Å². The lowest BCUT2D eigenvalue weighted by Gasteiger charge is -2.10. The fraction of sp³-hybridized carbons (Fsp3) is 0.222. The molecule has 0 saturated carbocycles. The zero-order chi connectivity index (χ0) is 16.2. The summed E-state index contributed by atoms with van der Waals surface area (Å²) in [5.74, 6) is 0.583. The minimum atomic E-state index is -1.10. The Bertz CT molecular complexity index is 823. The van der Waals surface area contributed by atoms with E-state index < -0.39 is 12.8 Å². The molecule has 0 fully saturated rings. The Morgan fingerprint density at radius 2 is 2.04 bits per heavy atom. The molecule has 0 aliphatic carbocycles. The van der Waals surface area contributed by atoms with Gasteiger partial charge in [0.15, 0.2) is 0 Å². The van der Waals surface area contributed by atoms with Crippen molar-refractivity contribution in [2.24, 2.45) is 0 Å². The van der Waals surface area contributed by atoms with Crippen molar-refractivity contribution in [1.82, 2.24) is 9.97 Å². The summed E-state index contributed by atoms with van der Waals surface area (Å²) in [5.41, 5.74) is 3.69. The number of aliphatic hydroxyl groups is 1. The highest BCUT2D eigenvalue weighted by Crippen LogP contribution is 2.24. The Morgan fingerprint density at radius 3 is 2.83 bits per heavy atom. The Kier molecular flexibility index (Phi) is 4.48. The predicted octanol–water partition coefficient (Wildman–Crippen LogP) is 3.31. The van der Waals surface area contributed by atoms with Gasteiger partial charge in [-0.1, -0.05) is 6.07 Å². The molecule has 0 bridgehead atoms. The molecule has 4 nitrogen and oxygen atoms in total. The summed E-state index contributed by atoms with van der Waals surface area (Å²) in [6, 6.07) is 13.3. The van der Waals surface area contributed by atoms with E-state index in [-0.39, 0.29) is 6.61 Å². The summed E-state index contributed by atoms with van der Waals surface area (Å²) in [5, 5.41) is 10.1. The number of pyridine rings is 2. The van der Waals surface area contributed by atoms with Crippen molar-refractivity contribution in [1.29, 1.82) is 0 Å². The van der Waals surface area contributed by atoms with Gasteiger partial charge < -0.3 is 9.84 Å². The lowest BCUT2D eigenvalue weighted by molar-refractivity contribution is 0.0842. The fourth-order valence-electron chi connectivity index (χ4n) is 2.30. The molecule has 0 amide bonds. The highest BCUT2D eigenvalue weighted by molar-refractivity contribution is 5.82. The van der Waals surface area contributed by atoms with E-state index in [0.717, 1.165) is 27.9 Å². The van der Waals surface area contributed by atoms with Crippen LogP contribution in [0.2, 0.25) is 0 Å². The number of aliphatic hydroxyl groups excluding tert-OH is 1. The minimum absolute atomic E-state index is 0.0657. The molecular formula is C18H17FN2O2. The van der Waals surface area contributed by atoms with E-state index in [1.165, 1.54) is 0 Å². The monoisotopic (exact) mass is 311 g/mol. The van der Waals surface area contributed by atoms with Gasteiger partial charge in [-0.2, -0.15) is 0 Å². The van der Waals surface area contributed by atoms with Crippen LogP contribution < -0.4 is 4.74 Å². The maximum Gasteiger partial charge on any atom is 0.120 e. The number of rotatable bonds is 5. The zero-order valence-corrected chi connectivity index (χ0v) is 12.7. The quantitative estimate of drug-likeness (QED) is 0.785. The molecule has 0 radical (unpaired) electrons. The molecule has 1 atom stereocenters. The van der Waals surface area contributed by atoms with Crippen LogP contribution in [0.1, 0.15) is 5.69 Å². The first kappa shape index (κ1) is 15.4. The van der Waals surface area contributed by atoms with Crippen molar-refractivity contribution in [3.8, 4) is 17.0 Å². The van der Waals surface area contributed by atoms with Gasteiger partial charge in [-0.3, -0.25) is 4.98 Å². The van der Waals surface area contributed by atoms with Gasteiger partial charge in [-0.25, -0.2) is 9.37 Å². The molecule has 118 valence electrons. The smallest absolute Gasteiger partial charge is 0.120 e. The van der Waals surface area contributed by atoms with Gasteiger partial charge in [0.2, 0.25) is 0 Å². The van der Waals surface area contributed by atoms with E-state index in [2.05, 4.69) is 9.97 Å². The third kappa shape index (κ3) is 3.63. The van der Waals surface area contributed by atoms with Crippen LogP contribution in [-0.2, 0) is 0 Å². The molecule has 0 spiro atoms. The van der Waals surface area contributed by atoms with Crippen LogP contribution in [0.25, 0.3) is 22.2 Å². The number of ether oxygens (including phenoxy) is 1. The molecule has 0 aliphatic heterocycles. The van der Waals surface area contributed by atoms with Crippen molar-refractivity contribution >= 4 is 10.9 Å². The number of nitrogens with zero attached hydrogens (tertiary/aromatic N) is 2. The molecule has 5 heteroatoms. The zero-order valence-electron chi connectivity index (χ0n) is 12.7. The molecule has 1 N–H and O–H groups in total. The standard InChI is InChI=1S/C18H17FN2O2/c1-12-8-14(6-7-20-12)17-4-2-13-9-16(3-5-18(13)21-17)23-11-15(22)10-19/h2-9,15,22H,10-11H2,1H3/t15-/m1/s1/i19-1. The van der Waals surface area contributed by atoms with Crippen LogP contribution >= 0.6 is 0 Å². The molecule has 1 aromatic carbocycles. The summed E-state index contributed by atoms with van der Waals surface area (Å²) in [4.78, 5) is 8.84. The maximum absolute atomic E-state index is 12.2. The van der Waals surface area contributed by atoms with Gasteiger partial charge in [0, 0.05) is 22.8 Å². The number of halogens is 1. The highest BCUT2D eigenvalue weighted by Gasteiger charge is 2.06. The molecule has 0 saturated heterocycles. The Morgan fingerprint density at radius 1 is 1.17 bits per heavy atom. The van der Waals surface area contributed by atoms with E-state index in [1.54, 1.807) is 12.3 Å². The third-order valence-electron chi connectivity index (χ3n) is 3.47. The summed E-state index contributed by atoms with van der Waals surface area (Å²) in [7, 11) is 0. The second-order valence-electron chi connectivity index (χ2n) is 5.36. The van der Waals surface area contributed by atoms with Gasteiger partial charge in [-0.05, 0) is 43.3 Å². The van der Waals surface area contributed by atoms with Gasteiger partial charge in [0.05, 0.1) is 11.2 Å². The van der Waals surface area contributed by atoms with Crippen LogP contribution in [0.4, 0.5) is 4.39 Å². The third-order valence-corrected chi connectivity index (χ3v) is 3.47. The second-order valence-corrected chi connectivity index (χ2v) is 5.36. The van der Waals surface area contributed by atoms with Crippen molar-refractivity contribution < 1.29 is 14.2 Å². The van der Waals surface area contributed by atoms with E-state index in [1.807, 2.05) is 43.3 Å². The van der Waals surface area contributed by atoms with E-state index >= 15 is 0 Å². The molecular weight excluding hydrogens is 294 g/mol. The van der Waals surface area contributed by atoms with Crippen LogP contribution in [0.5, 0.6) is 5.75 Å². The highest BCUT2D eigenvalue weighted by atomic mass is 18.2. The SMILES string of the molecule is Cc1cc(-c2ccc3cc(OC[C@H](O)C[18F])ccc3n2)ccn1. The summed E-state index contributed by atoms with van der Waals surface area (Å²) in [6.45, 7) is 1.06. The lowest BCUT2D eigenvalue weighted by Crippen LogP contribution is -2.19. The normalized spacial score (nSPS) is 12.3. The number of aryl methyl sites for hydroxylation is 1. The largest absolute Gasteiger partial charge is 0.491 e. The van der Waals surface area contributed by atoms with Crippen molar-refractivity contribution in [2.45, 2.75) is 13.0 Å². The molecule has 3 aromatic rings. The average Bonchev–Trinajstić information content (AvgIpc) is 2.59. The van der Waals surface area contributed by atoms with Gasteiger partial charge >= 0.3 is 0 Å². The molecule has 2 aromatic heterocycles. The van der Waals surface area contributed by atoms with Crippen molar-refractivity contribution in [3.05, 3.63) is 54.4 Å². The average molecular weight is 311 g/mol. The Labute approximate surface area is 133 Å². The molecule has 3 rings (SSSR count). The van der Waals surface area contributed by atoms with Gasteiger partial charge in [-0.15, -0.1) is 0 Å². The fourth-order valence-corrected chi connectivity index (χ4v) is 2.30. The Hall–Kier alpha value is -2.53. The first-order valence-electron chi connectivity index (χ1n) is 7.36. The number of hydrogen-bond donors (Lipinski definition) is 1. The van der Waals surface area contributed by atoms with E-state index in [0.29, 0.717) is 5.75 Å². The number of benzene rings is 1. The number of hydrogen-bond acceptors (Lipinski definition) is 4. The first-order valence-corrected chi connectivity index (χ1v) is 7.36. The van der Waals surface area contributed by atoms with E-state index in [4.69, 9.17) is 4.74 Å². The number of fused-ring (bicyclic) bond motifs is 1. The Balaban J connectivity index is 1.87.